The zero-order valence-corrected chi connectivity index (χ0v) is 15.1. The third kappa shape index (κ3) is 5.15. The predicted molar refractivity (Wildman–Crippen MR) is 96.2 cm³/mol. The minimum absolute atomic E-state index is 0.503. The lowest BCUT2D eigenvalue weighted by atomic mass is 10.1. The van der Waals surface area contributed by atoms with Gasteiger partial charge in [0.05, 0.1) is 0 Å². The molecular weight excluding hydrogens is 338 g/mol. The third-order valence-corrected chi connectivity index (χ3v) is 4.25. The van der Waals surface area contributed by atoms with Crippen molar-refractivity contribution < 1.29 is 4.74 Å². The highest BCUT2D eigenvalue weighted by Crippen LogP contribution is 2.24. The number of halogens is 1. The summed E-state index contributed by atoms with van der Waals surface area (Å²) in [7, 11) is 0. The van der Waals surface area contributed by atoms with Crippen molar-refractivity contribution in [3.63, 3.8) is 0 Å². The molecule has 0 radical (unpaired) electrons. The molecular formula is C19H24BrNO. The summed E-state index contributed by atoms with van der Waals surface area (Å²) in [5, 5.41) is 3.52. The first-order valence-electron chi connectivity index (χ1n) is 7.78. The lowest BCUT2D eigenvalue weighted by Gasteiger charge is -2.15. The molecule has 0 aromatic heterocycles. The van der Waals surface area contributed by atoms with E-state index in [4.69, 9.17) is 4.74 Å². The van der Waals surface area contributed by atoms with Gasteiger partial charge in [-0.05, 0) is 44.0 Å². The van der Waals surface area contributed by atoms with Crippen molar-refractivity contribution in [1.82, 2.24) is 5.32 Å². The Morgan fingerprint density at radius 3 is 2.73 bits per heavy atom. The maximum Gasteiger partial charge on any atom is 0.124 e. The van der Waals surface area contributed by atoms with Crippen LogP contribution >= 0.6 is 15.9 Å². The average molecular weight is 362 g/mol. The lowest BCUT2D eigenvalue weighted by molar-refractivity contribution is 0.301. The van der Waals surface area contributed by atoms with E-state index in [2.05, 4.69) is 72.3 Å². The van der Waals surface area contributed by atoms with Gasteiger partial charge in [-0.15, -0.1) is 0 Å². The number of benzene rings is 2. The fourth-order valence-electron chi connectivity index (χ4n) is 2.22. The molecule has 1 atom stereocenters. The number of ether oxygens (including phenoxy) is 1. The topological polar surface area (TPSA) is 21.3 Å². The Labute approximate surface area is 142 Å². The number of nitrogens with one attached hydrogen (secondary N) is 1. The second-order valence-electron chi connectivity index (χ2n) is 5.72. The predicted octanol–water partition coefficient (Wildman–Crippen LogP) is 5.22. The fraction of sp³-hybridized carbons (Fsp3) is 0.368. The normalized spacial score (nSPS) is 12.2. The Hall–Kier alpha value is -1.32. The summed E-state index contributed by atoms with van der Waals surface area (Å²) in [4.78, 5) is 0. The molecule has 3 heteroatoms. The van der Waals surface area contributed by atoms with Crippen LogP contribution in [0.1, 0.15) is 37.0 Å². The van der Waals surface area contributed by atoms with Crippen molar-refractivity contribution in [2.45, 2.75) is 46.4 Å². The summed E-state index contributed by atoms with van der Waals surface area (Å²) < 4.78 is 7.12. The maximum absolute atomic E-state index is 6.04. The van der Waals surface area contributed by atoms with Crippen LogP contribution in [-0.2, 0) is 13.2 Å². The van der Waals surface area contributed by atoms with Gasteiger partial charge in [-0.25, -0.2) is 0 Å². The highest BCUT2D eigenvalue weighted by Gasteiger charge is 2.07. The number of aryl methyl sites for hydroxylation is 1. The van der Waals surface area contributed by atoms with Crippen LogP contribution in [-0.4, -0.2) is 6.04 Å². The van der Waals surface area contributed by atoms with Crippen molar-refractivity contribution in [1.29, 1.82) is 0 Å². The van der Waals surface area contributed by atoms with Gasteiger partial charge in [-0.2, -0.15) is 0 Å². The van der Waals surface area contributed by atoms with Gasteiger partial charge in [0.2, 0.25) is 0 Å². The van der Waals surface area contributed by atoms with Gasteiger partial charge in [0.15, 0.2) is 0 Å². The van der Waals surface area contributed by atoms with E-state index in [9.17, 15) is 0 Å². The standard InChI is InChI=1S/C19H24BrNO/c1-4-15(3)21-12-17-11-18(20)8-9-19(17)22-13-16-7-5-6-14(2)10-16/h5-11,15,21H,4,12-13H2,1-3H3/t15-/m0/s1. The van der Waals surface area contributed by atoms with E-state index in [1.165, 1.54) is 16.7 Å². The average Bonchev–Trinajstić information content (AvgIpc) is 2.51. The van der Waals surface area contributed by atoms with E-state index in [1.54, 1.807) is 0 Å². The molecule has 0 amide bonds. The van der Waals surface area contributed by atoms with Gasteiger partial charge in [0.25, 0.3) is 0 Å². The molecule has 2 aromatic carbocycles. The van der Waals surface area contributed by atoms with E-state index in [-0.39, 0.29) is 0 Å². The minimum Gasteiger partial charge on any atom is -0.489 e. The molecule has 0 fully saturated rings. The van der Waals surface area contributed by atoms with E-state index < -0.39 is 0 Å². The fourth-order valence-corrected chi connectivity index (χ4v) is 2.63. The number of rotatable bonds is 7. The summed E-state index contributed by atoms with van der Waals surface area (Å²) in [5.74, 6) is 0.945. The van der Waals surface area contributed by atoms with E-state index in [0.717, 1.165) is 23.2 Å². The summed E-state index contributed by atoms with van der Waals surface area (Å²) >= 11 is 3.54. The van der Waals surface area contributed by atoms with Crippen LogP contribution in [0.5, 0.6) is 5.75 Å². The van der Waals surface area contributed by atoms with Gasteiger partial charge >= 0.3 is 0 Å². The molecule has 2 rings (SSSR count). The zero-order valence-electron chi connectivity index (χ0n) is 13.5. The highest BCUT2D eigenvalue weighted by molar-refractivity contribution is 9.10. The van der Waals surface area contributed by atoms with Crippen LogP contribution in [0.15, 0.2) is 46.9 Å². The Bertz CT molecular complexity index is 612. The summed E-state index contributed by atoms with van der Waals surface area (Å²) in [6, 6.07) is 15.1. The van der Waals surface area contributed by atoms with Crippen LogP contribution < -0.4 is 10.1 Å². The van der Waals surface area contributed by atoms with E-state index >= 15 is 0 Å². The van der Waals surface area contributed by atoms with Gasteiger partial charge in [0, 0.05) is 22.6 Å². The molecule has 0 bridgehead atoms. The molecule has 0 heterocycles. The molecule has 2 nitrogen and oxygen atoms in total. The van der Waals surface area contributed by atoms with Crippen molar-refractivity contribution in [3.05, 3.63) is 63.6 Å². The van der Waals surface area contributed by atoms with Gasteiger partial charge < -0.3 is 10.1 Å². The first kappa shape index (κ1) is 17.0. The highest BCUT2D eigenvalue weighted by atomic mass is 79.9. The molecule has 0 saturated carbocycles. The van der Waals surface area contributed by atoms with Crippen LogP contribution in [0.3, 0.4) is 0 Å². The molecule has 0 spiro atoms. The van der Waals surface area contributed by atoms with Crippen LogP contribution in [0.25, 0.3) is 0 Å². The summed E-state index contributed by atoms with van der Waals surface area (Å²) in [6.45, 7) is 7.90. The van der Waals surface area contributed by atoms with Crippen molar-refractivity contribution >= 4 is 15.9 Å². The SMILES string of the molecule is CC[C@H](C)NCc1cc(Br)ccc1OCc1cccc(C)c1. The van der Waals surface area contributed by atoms with Gasteiger partial charge in [-0.1, -0.05) is 52.7 Å². The molecule has 1 N–H and O–H groups in total. The number of hydrogen-bond acceptors (Lipinski definition) is 2. The third-order valence-electron chi connectivity index (χ3n) is 3.75. The molecule has 0 unspecified atom stereocenters. The van der Waals surface area contributed by atoms with Crippen LogP contribution in [0.2, 0.25) is 0 Å². The van der Waals surface area contributed by atoms with Crippen LogP contribution in [0.4, 0.5) is 0 Å². The second-order valence-corrected chi connectivity index (χ2v) is 6.64. The van der Waals surface area contributed by atoms with Crippen LogP contribution in [0, 0.1) is 6.92 Å². The Morgan fingerprint density at radius 1 is 1.18 bits per heavy atom. The van der Waals surface area contributed by atoms with Crippen molar-refractivity contribution in [3.8, 4) is 5.75 Å². The first-order valence-corrected chi connectivity index (χ1v) is 8.58. The van der Waals surface area contributed by atoms with E-state index in [1.807, 2.05) is 12.1 Å². The van der Waals surface area contributed by atoms with E-state index in [0.29, 0.717) is 12.6 Å². The monoisotopic (exact) mass is 361 g/mol. The zero-order chi connectivity index (χ0) is 15.9. The Balaban J connectivity index is 2.06. The molecule has 0 aliphatic rings. The minimum atomic E-state index is 0.503. The van der Waals surface area contributed by atoms with Crippen molar-refractivity contribution in [2.24, 2.45) is 0 Å². The molecule has 2 aromatic rings. The molecule has 0 aliphatic heterocycles. The Morgan fingerprint density at radius 2 is 2.00 bits per heavy atom. The summed E-state index contributed by atoms with van der Waals surface area (Å²) in [5.41, 5.74) is 3.64. The first-order chi connectivity index (χ1) is 10.6. The number of hydrogen-bond donors (Lipinski definition) is 1. The molecule has 0 saturated heterocycles. The second kappa shape index (κ2) is 8.35. The molecule has 0 aliphatic carbocycles. The van der Waals surface area contributed by atoms with Crippen molar-refractivity contribution in [2.75, 3.05) is 0 Å². The maximum atomic E-state index is 6.04. The lowest BCUT2D eigenvalue weighted by Crippen LogP contribution is -2.24. The Kier molecular flexibility index (Phi) is 6.47. The van der Waals surface area contributed by atoms with Gasteiger partial charge in [0.1, 0.15) is 12.4 Å². The molecule has 118 valence electrons. The quantitative estimate of drug-likeness (QED) is 0.729. The largest absolute Gasteiger partial charge is 0.489 e. The smallest absolute Gasteiger partial charge is 0.124 e. The van der Waals surface area contributed by atoms with Gasteiger partial charge in [-0.3, -0.25) is 0 Å². The summed E-state index contributed by atoms with van der Waals surface area (Å²) in [6.07, 6.45) is 1.12. The molecule has 22 heavy (non-hydrogen) atoms.